The minimum Gasteiger partial charge on any atom is -0.493 e. The third-order valence-corrected chi connectivity index (χ3v) is 6.92. The summed E-state index contributed by atoms with van der Waals surface area (Å²) in [6.07, 6.45) is 3.91. The van der Waals surface area contributed by atoms with Crippen LogP contribution >= 0.6 is 0 Å². The summed E-state index contributed by atoms with van der Waals surface area (Å²) in [6, 6.07) is 8.82. The minimum absolute atomic E-state index is 0.103. The number of aryl methyl sites for hydroxylation is 2. The Bertz CT molecular complexity index is 1360. The number of carbonyl (C=O) groups is 1. The minimum atomic E-state index is -0.596. The van der Waals surface area contributed by atoms with Crippen LogP contribution in [0.3, 0.4) is 0 Å². The van der Waals surface area contributed by atoms with Crippen LogP contribution in [0.15, 0.2) is 39.5 Å². The highest BCUT2D eigenvalue weighted by molar-refractivity contribution is 5.99. The molecule has 4 rings (SSSR count). The molecule has 204 valence electrons. The Labute approximate surface area is 224 Å². The van der Waals surface area contributed by atoms with E-state index in [0.717, 1.165) is 36.0 Å². The van der Waals surface area contributed by atoms with Crippen LogP contribution in [0, 0.1) is 13.8 Å². The van der Waals surface area contributed by atoms with E-state index in [0.29, 0.717) is 54.2 Å². The molecule has 0 spiro atoms. The number of unbranched alkanes of at least 4 members (excludes halogenated alkanes) is 2. The molecular formula is C31H39NO6. The smallest absolute Gasteiger partial charge is 0.290 e. The van der Waals surface area contributed by atoms with Gasteiger partial charge in [-0.15, -0.1) is 0 Å². The molecule has 2 aromatic carbocycles. The van der Waals surface area contributed by atoms with E-state index in [1.807, 2.05) is 58.0 Å². The molecule has 7 heteroatoms. The molecule has 0 radical (unpaired) electrons. The molecule has 1 amide bonds. The largest absolute Gasteiger partial charge is 0.493 e. The van der Waals surface area contributed by atoms with Crippen LogP contribution in [0.2, 0.25) is 0 Å². The zero-order valence-electron chi connectivity index (χ0n) is 23.4. The van der Waals surface area contributed by atoms with E-state index in [1.165, 1.54) is 0 Å². The van der Waals surface area contributed by atoms with Gasteiger partial charge in [0.1, 0.15) is 5.58 Å². The number of ether oxygens (including phenoxy) is 3. The molecule has 1 aliphatic rings. The van der Waals surface area contributed by atoms with E-state index < -0.39 is 6.04 Å². The summed E-state index contributed by atoms with van der Waals surface area (Å²) < 4.78 is 23.5. The second kappa shape index (κ2) is 12.0. The zero-order chi connectivity index (χ0) is 27.4. The van der Waals surface area contributed by atoms with Gasteiger partial charge in [0.05, 0.1) is 36.8 Å². The Morgan fingerprint density at radius 2 is 1.79 bits per heavy atom. The molecule has 0 saturated carbocycles. The number of fused-ring (bicyclic) bond motifs is 2. The summed E-state index contributed by atoms with van der Waals surface area (Å²) in [5, 5.41) is 0.514. The molecule has 7 nitrogen and oxygen atoms in total. The number of rotatable bonds is 12. The molecule has 0 N–H and O–H groups in total. The Balaban J connectivity index is 1.78. The van der Waals surface area contributed by atoms with Crippen LogP contribution < -0.4 is 14.9 Å². The predicted molar refractivity (Wildman–Crippen MR) is 149 cm³/mol. The van der Waals surface area contributed by atoms with E-state index >= 15 is 0 Å². The summed E-state index contributed by atoms with van der Waals surface area (Å²) in [7, 11) is 1.60. The standard InChI is InChI=1S/C31H39NO6/c1-7-8-9-14-37-23-12-11-22(18-24(23)35-6)28-27-29(33)26-21(5)16-20(4)17-25(26)38-30(27)31(34)32(28)13-10-15-36-19(2)3/h11-12,16-19,28H,7-10,13-15H2,1-6H3. The van der Waals surface area contributed by atoms with E-state index in [4.69, 9.17) is 18.6 Å². The number of benzene rings is 2. The fourth-order valence-electron chi connectivity index (χ4n) is 5.15. The van der Waals surface area contributed by atoms with Gasteiger partial charge in [-0.2, -0.15) is 0 Å². The molecule has 0 fully saturated rings. The maximum Gasteiger partial charge on any atom is 0.290 e. The van der Waals surface area contributed by atoms with Crippen molar-refractivity contribution in [2.45, 2.75) is 72.4 Å². The van der Waals surface area contributed by atoms with Gasteiger partial charge in [-0.05, 0) is 75.4 Å². The van der Waals surface area contributed by atoms with E-state index in [2.05, 4.69) is 6.92 Å². The molecule has 1 unspecified atom stereocenters. The highest BCUT2D eigenvalue weighted by Crippen LogP contribution is 2.41. The monoisotopic (exact) mass is 521 g/mol. The molecule has 0 aliphatic carbocycles. The van der Waals surface area contributed by atoms with Gasteiger partial charge in [-0.25, -0.2) is 0 Å². The van der Waals surface area contributed by atoms with Crippen molar-refractivity contribution in [3.8, 4) is 11.5 Å². The number of nitrogens with zero attached hydrogens (tertiary/aromatic N) is 1. The fourth-order valence-corrected chi connectivity index (χ4v) is 5.15. The van der Waals surface area contributed by atoms with Gasteiger partial charge in [-0.1, -0.05) is 31.9 Å². The number of hydrogen-bond donors (Lipinski definition) is 0. The zero-order valence-corrected chi connectivity index (χ0v) is 23.4. The Morgan fingerprint density at radius 3 is 2.50 bits per heavy atom. The van der Waals surface area contributed by atoms with Crippen LogP contribution in [0.4, 0.5) is 0 Å². The van der Waals surface area contributed by atoms with Crippen LogP contribution in [-0.4, -0.2) is 43.8 Å². The summed E-state index contributed by atoms with van der Waals surface area (Å²) in [5.41, 5.74) is 3.23. The van der Waals surface area contributed by atoms with E-state index in [1.54, 1.807) is 12.0 Å². The molecule has 1 aliphatic heterocycles. The first-order valence-electron chi connectivity index (χ1n) is 13.6. The first-order valence-corrected chi connectivity index (χ1v) is 13.6. The van der Waals surface area contributed by atoms with Gasteiger partial charge in [0.15, 0.2) is 16.9 Å². The summed E-state index contributed by atoms with van der Waals surface area (Å²) in [5.74, 6) is 1.04. The lowest BCUT2D eigenvalue weighted by Crippen LogP contribution is -2.31. The summed E-state index contributed by atoms with van der Waals surface area (Å²) >= 11 is 0. The molecule has 1 atom stereocenters. The number of methoxy groups -OCH3 is 1. The highest BCUT2D eigenvalue weighted by atomic mass is 16.5. The van der Waals surface area contributed by atoms with Gasteiger partial charge in [0.25, 0.3) is 5.91 Å². The molecule has 3 aromatic rings. The summed E-state index contributed by atoms with van der Waals surface area (Å²) in [6.45, 7) is 11.5. The SMILES string of the molecule is CCCCCOc1ccc(C2c3c(oc4cc(C)cc(C)c4c3=O)C(=O)N2CCCOC(C)C)cc1OC. The van der Waals surface area contributed by atoms with Crippen molar-refractivity contribution in [2.24, 2.45) is 0 Å². The number of hydrogen-bond acceptors (Lipinski definition) is 6. The Morgan fingerprint density at radius 1 is 1.00 bits per heavy atom. The van der Waals surface area contributed by atoms with E-state index in [-0.39, 0.29) is 23.2 Å². The third-order valence-electron chi connectivity index (χ3n) is 6.92. The molecular weight excluding hydrogens is 482 g/mol. The van der Waals surface area contributed by atoms with Crippen molar-refractivity contribution in [1.82, 2.24) is 4.90 Å². The van der Waals surface area contributed by atoms with Crippen molar-refractivity contribution >= 4 is 16.9 Å². The average molecular weight is 522 g/mol. The second-order valence-corrected chi connectivity index (χ2v) is 10.3. The van der Waals surface area contributed by atoms with Crippen LogP contribution in [0.1, 0.15) is 85.3 Å². The van der Waals surface area contributed by atoms with Crippen molar-refractivity contribution in [1.29, 1.82) is 0 Å². The normalized spacial score (nSPS) is 15.0. The molecule has 2 heterocycles. The number of amides is 1. The number of carbonyl (C=O) groups excluding carboxylic acids is 1. The Kier molecular flexibility index (Phi) is 8.77. The lowest BCUT2D eigenvalue weighted by atomic mass is 9.96. The maximum absolute atomic E-state index is 14.0. The second-order valence-electron chi connectivity index (χ2n) is 10.3. The van der Waals surface area contributed by atoms with Crippen LogP contribution in [0.25, 0.3) is 11.0 Å². The molecule has 38 heavy (non-hydrogen) atoms. The molecule has 0 bridgehead atoms. The van der Waals surface area contributed by atoms with Gasteiger partial charge >= 0.3 is 0 Å². The quantitative estimate of drug-likeness (QED) is 0.259. The average Bonchev–Trinajstić information content (AvgIpc) is 3.15. The third kappa shape index (κ3) is 5.58. The first kappa shape index (κ1) is 27.7. The van der Waals surface area contributed by atoms with Gasteiger partial charge < -0.3 is 23.5 Å². The van der Waals surface area contributed by atoms with Crippen molar-refractivity contribution in [3.05, 3.63) is 68.6 Å². The van der Waals surface area contributed by atoms with Crippen molar-refractivity contribution in [3.63, 3.8) is 0 Å². The fraction of sp³-hybridized carbons (Fsp3) is 0.484. The maximum atomic E-state index is 14.0. The molecule has 0 saturated heterocycles. The Hall–Kier alpha value is -3.32. The van der Waals surface area contributed by atoms with E-state index in [9.17, 15) is 9.59 Å². The molecule has 1 aromatic heterocycles. The van der Waals surface area contributed by atoms with Crippen molar-refractivity contribution < 1.29 is 23.4 Å². The predicted octanol–water partition coefficient (Wildman–Crippen LogP) is 6.35. The first-order chi connectivity index (χ1) is 18.3. The lowest BCUT2D eigenvalue weighted by Gasteiger charge is -2.26. The van der Waals surface area contributed by atoms with Crippen LogP contribution in [-0.2, 0) is 4.74 Å². The topological polar surface area (TPSA) is 78.2 Å². The highest BCUT2D eigenvalue weighted by Gasteiger charge is 2.43. The van der Waals surface area contributed by atoms with Gasteiger partial charge in [0.2, 0.25) is 5.76 Å². The van der Waals surface area contributed by atoms with Gasteiger partial charge in [0, 0.05) is 13.2 Å². The summed E-state index contributed by atoms with van der Waals surface area (Å²) in [4.78, 5) is 29.4. The van der Waals surface area contributed by atoms with Gasteiger partial charge in [-0.3, -0.25) is 9.59 Å². The van der Waals surface area contributed by atoms with Crippen molar-refractivity contribution in [2.75, 3.05) is 26.9 Å². The lowest BCUT2D eigenvalue weighted by molar-refractivity contribution is 0.0593. The van der Waals surface area contributed by atoms with Crippen LogP contribution in [0.5, 0.6) is 11.5 Å².